The van der Waals surface area contributed by atoms with E-state index < -0.39 is 0 Å². The molecule has 0 aliphatic rings. The van der Waals surface area contributed by atoms with E-state index in [0.717, 1.165) is 12.0 Å². The first-order valence-corrected chi connectivity index (χ1v) is 5.55. The van der Waals surface area contributed by atoms with Crippen molar-refractivity contribution in [2.45, 2.75) is 33.6 Å². The van der Waals surface area contributed by atoms with Crippen molar-refractivity contribution in [3.05, 3.63) is 29.6 Å². The summed E-state index contributed by atoms with van der Waals surface area (Å²) in [5, 5.41) is 2.59. The molecule has 1 aromatic rings. The molecule has 0 unspecified atom stereocenters. The predicted molar refractivity (Wildman–Crippen MR) is 63.8 cm³/mol. The molecule has 0 aliphatic carbocycles. The molecular weight excluding hydrogens is 205 g/mol. The van der Waals surface area contributed by atoms with Crippen molar-refractivity contribution in [1.82, 2.24) is 0 Å². The zero-order chi connectivity index (χ0) is 12.1. The summed E-state index contributed by atoms with van der Waals surface area (Å²) in [5.74, 6) is -0.0326. The van der Waals surface area contributed by atoms with Gasteiger partial charge in [-0.05, 0) is 37.0 Å². The van der Waals surface area contributed by atoms with E-state index in [1.165, 1.54) is 6.07 Å². The van der Waals surface area contributed by atoms with Crippen LogP contribution in [0.25, 0.3) is 0 Å². The van der Waals surface area contributed by atoms with Gasteiger partial charge in [-0.2, -0.15) is 0 Å². The lowest BCUT2D eigenvalue weighted by atomic mass is 10.1. The smallest absolute Gasteiger partial charge is 0.224 e. The van der Waals surface area contributed by atoms with Crippen LogP contribution in [0.2, 0.25) is 0 Å². The largest absolute Gasteiger partial charge is 0.324 e. The van der Waals surface area contributed by atoms with Gasteiger partial charge in [0, 0.05) is 6.42 Å². The molecule has 1 rings (SSSR count). The van der Waals surface area contributed by atoms with Crippen LogP contribution in [0, 0.1) is 18.7 Å². The number of rotatable bonds is 4. The molecule has 0 radical (unpaired) electrons. The molecule has 16 heavy (non-hydrogen) atoms. The van der Waals surface area contributed by atoms with Crippen molar-refractivity contribution in [2.24, 2.45) is 5.92 Å². The lowest BCUT2D eigenvalue weighted by molar-refractivity contribution is -0.116. The van der Waals surface area contributed by atoms with Crippen LogP contribution in [0.4, 0.5) is 10.1 Å². The van der Waals surface area contributed by atoms with Gasteiger partial charge in [-0.3, -0.25) is 4.79 Å². The van der Waals surface area contributed by atoms with Crippen LogP contribution in [0.5, 0.6) is 0 Å². The van der Waals surface area contributed by atoms with Gasteiger partial charge in [0.1, 0.15) is 5.82 Å². The Bertz CT molecular complexity index is 374. The van der Waals surface area contributed by atoms with Gasteiger partial charge < -0.3 is 5.32 Å². The van der Waals surface area contributed by atoms with Crippen LogP contribution in [-0.2, 0) is 4.79 Å². The number of carbonyl (C=O) groups is 1. The molecule has 0 heterocycles. The first-order chi connectivity index (χ1) is 7.49. The third-order valence-electron chi connectivity index (χ3n) is 2.34. The first kappa shape index (κ1) is 12.7. The van der Waals surface area contributed by atoms with Crippen molar-refractivity contribution in [2.75, 3.05) is 5.32 Å². The summed E-state index contributed by atoms with van der Waals surface area (Å²) in [5.41, 5.74) is 1.20. The van der Waals surface area contributed by atoms with Crippen molar-refractivity contribution in [1.29, 1.82) is 0 Å². The van der Waals surface area contributed by atoms with Crippen LogP contribution >= 0.6 is 0 Å². The highest BCUT2D eigenvalue weighted by atomic mass is 19.1. The minimum absolute atomic E-state index is 0.127. The summed E-state index contributed by atoms with van der Waals surface area (Å²) in [7, 11) is 0. The Hall–Kier alpha value is -1.38. The van der Waals surface area contributed by atoms with Gasteiger partial charge in [-0.15, -0.1) is 0 Å². The lowest BCUT2D eigenvalue weighted by Crippen LogP contribution is -2.13. The zero-order valence-corrected chi connectivity index (χ0v) is 10.0. The zero-order valence-electron chi connectivity index (χ0n) is 10.0. The van der Waals surface area contributed by atoms with E-state index in [-0.39, 0.29) is 17.4 Å². The number of nitrogens with one attached hydrogen (secondary N) is 1. The molecule has 88 valence electrons. The van der Waals surface area contributed by atoms with Gasteiger partial charge in [0.2, 0.25) is 5.91 Å². The predicted octanol–water partition coefficient (Wildman–Crippen LogP) is 3.51. The van der Waals surface area contributed by atoms with Crippen molar-refractivity contribution < 1.29 is 9.18 Å². The maximum absolute atomic E-state index is 13.3. The van der Waals surface area contributed by atoms with Crippen molar-refractivity contribution in [3.63, 3.8) is 0 Å². The Labute approximate surface area is 95.9 Å². The van der Waals surface area contributed by atoms with Gasteiger partial charge >= 0.3 is 0 Å². The number of amides is 1. The molecule has 0 aromatic heterocycles. The first-order valence-electron chi connectivity index (χ1n) is 5.55. The monoisotopic (exact) mass is 223 g/mol. The lowest BCUT2D eigenvalue weighted by Gasteiger charge is -2.08. The quantitative estimate of drug-likeness (QED) is 0.831. The molecule has 0 aliphatic heterocycles. The van der Waals surface area contributed by atoms with Crippen LogP contribution in [0.3, 0.4) is 0 Å². The van der Waals surface area contributed by atoms with E-state index in [9.17, 15) is 9.18 Å². The fourth-order valence-corrected chi connectivity index (χ4v) is 1.37. The topological polar surface area (TPSA) is 29.1 Å². The summed E-state index contributed by atoms with van der Waals surface area (Å²) < 4.78 is 13.3. The van der Waals surface area contributed by atoms with Gasteiger partial charge in [-0.1, -0.05) is 19.9 Å². The molecule has 1 amide bonds. The molecule has 3 heteroatoms. The Morgan fingerprint density at radius 3 is 2.75 bits per heavy atom. The molecule has 2 nitrogen and oxygen atoms in total. The van der Waals surface area contributed by atoms with Gasteiger partial charge in [0.15, 0.2) is 0 Å². The fourth-order valence-electron chi connectivity index (χ4n) is 1.37. The summed E-state index contributed by atoms with van der Waals surface area (Å²) >= 11 is 0. The van der Waals surface area contributed by atoms with Crippen LogP contribution in [0.15, 0.2) is 18.2 Å². The minimum Gasteiger partial charge on any atom is -0.324 e. The van der Waals surface area contributed by atoms with Gasteiger partial charge in [0.25, 0.3) is 0 Å². The molecule has 0 atom stereocenters. The number of benzene rings is 1. The third kappa shape index (κ3) is 4.01. The SMILES string of the molecule is Cc1ccc(F)c(NC(=O)CCC(C)C)c1. The molecule has 1 N–H and O–H groups in total. The molecule has 0 saturated carbocycles. The Morgan fingerprint density at radius 2 is 2.12 bits per heavy atom. The maximum atomic E-state index is 13.3. The van der Waals surface area contributed by atoms with E-state index >= 15 is 0 Å². The minimum atomic E-state index is -0.386. The number of carbonyl (C=O) groups excluding carboxylic acids is 1. The second-order valence-corrected chi connectivity index (χ2v) is 4.46. The number of hydrogen-bond donors (Lipinski definition) is 1. The molecule has 0 fully saturated rings. The average Bonchev–Trinajstić information content (AvgIpc) is 2.20. The van der Waals surface area contributed by atoms with Crippen LogP contribution in [0.1, 0.15) is 32.3 Å². The van der Waals surface area contributed by atoms with E-state index in [4.69, 9.17) is 0 Å². The molecule has 1 aromatic carbocycles. The molecule has 0 bridgehead atoms. The average molecular weight is 223 g/mol. The maximum Gasteiger partial charge on any atom is 0.224 e. The summed E-state index contributed by atoms with van der Waals surface area (Å²) in [4.78, 5) is 11.5. The van der Waals surface area contributed by atoms with Crippen molar-refractivity contribution in [3.8, 4) is 0 Å². The van der Waals surface area contributed by atoms with Crippen LogP contribution in [-0.4, -0.2) is 5.91 Å². The normalized spacial score (nSPS) is 10.6. The highest BCUT2D eigenvalue weighted by Gasteiger charge is 2.07. The highest BCUT2D eigenvalue weighted by molar-refractivity contribution is 5.90. The number of hydrogen-bond acceptors (Lipinski definition) is 1. The number of halogens is 1. The second kappa shape index (κ2) is 5.64. The van der Waals surface area contributed by atoms with Crippen molar-refractivity contribution >= 4 is 11.6 Å². The Kier molecular flexibility index (Phi) is 4.47. The summed E-state index contributed by atoms with van der Waals surface area (Å²) in [6.07, 6.45) is 1.25. The van der Waals surface area contributed by atoms with Gasteiger partial charge in [-0.25, -0.2) is 4.39 Å². The second-order valence-electron chi connectivity index (χ2n) is 4.46. The fraction of sp³-hybridized carbons (Fsp3) is 0.462. The van der Waals surface area contributed by atoms with E-state index in [0.29, 0.717) is 12.3 Å². The van der Waals surface area contributed by atoms with E-state index in [1.807, 2.05) is 6.92 Å². The summed E-state index contributed by atoms with van der Waals surface area (Å²) in [6.45, 7) is 5.98. The number of anilines is 1. The molecule has 0 spiro atoms. The molecule has 0 saturated heterocycles. The van der Waals surface area contributed by atoms with Gasteiger partial charge in [0.05, 0.1) is 5.69 Å². The van der Waals surface area contributed by atoms with E-state index in [2.05, 4.69) is 19.2 Å². The Morgan fingerprint density at radius 1 is 1.44 bits per heavy atom. The third-order valence-corrected chi connectivity index (χ3v) is 2.34. The summed E-state index contributed by atoms with van der Waals surface area (Å²) in [6, 6.07) is 4.69. The molecular formula is C13H18FNO. The highest BCUT2D eigenvalue weighted by Crippen LogP contribution is 2.16. The van der Waals surface area contributed by atoms with Crippen LogP contribution < -0.4 is 5.32 Å². The number of aryl methyl sites for hydroxylation is 1. The Balaban J connectivity index is 2.59. The standard InChI is InChI=1S/C13H18FNO/c1-9(2)4-7-13(16)15-12-8-10(3)5-6-11(12)14/h5-6,8-9H,4,7H2,1-3H3,(H,15,16). The van der Waals surface area contributed by atoms with E-state index in [1.54, 1.807) is 12.1 Å².